The summed E-state index contributed by atoms with van der Waals surface area (Å²) in [6, 6.07) is 7.99. The van der Waals surface area contributed by atoms with Crippen LogP contribution in [0.3, 0.4) is 0 Å². The predicted octanol–water partition coefficient (Wildman–Crippen LogP) is 3.70. The predicted molar refractivity (Wildman–Crippen MR) is 66.8 cm³/mol. The van der Waals surface area contributed by atoms with Gasteiger partial charge in [-0.3, -0.25) is 0 Å². The molecule has 0 unspecified atom stereocenters. The molecule has 0 aliphatic rings. The number of carbonyl (C=O) groups excluding carboxylic acids is 1. The van der Waals surface area contributed by atoms with E-state index in [1.54, 1.807) is 0 Å². The lowest BCUT2D eigenvalue weighted by Crippen LogP contribution is -2.24. The van der Waals surface area contributed by atoms with Crippen molar-refractivity contribution in [2.45, 2.75) is 46.3 Å². The van der Waals surface area contributed by atoms with Crippen LogP contribution in [0, 0.1) is 0 Å². The van der Waals surface area contributed by atoms with Gasteiger partial charge in [0.15, 0.2) is 0 Å². The van der Waals surface area contributed by atoms with Crippen molar-refractivity contribution in [3.63, 3.8) is 0 Å². The molecule has 1 rings (SSSR count). The van der Waals surface area contributed by atoms with E-state index in [2.05, 4.69) is 6.92 Å². The Kier molecular flexibility index (Phi) is 4.55. The second-order valence-electron chi connectivity index (χ2n) is 4.92. The minimum absolute atomic E-state index is 0.249. The smallest absolute Gasteiger partial charge is 0.429 e. The van der Waals surface area contributed by atoms with Crippen molar-refractivity contribution in [3.05, 3.63) is 35.4 Å². The van der Waals surface area contributed by atoms with Gasteiger partial charge in [0.1, 0.15) is 12.2 Å². The fourth-order valence-corrected chi connectivity index (χ4v) is 1.29. The standard InChI is InChI=1S/C14H20O3/c1-5-11-6-8-12(9-7-11)10-16-13(15)17-14(2,3)4/h6-9H,5,10H2,1-4H3. The van der Waals surface area contributed by atoms with Gasteiger partial charge in [-0.15, -0.1) is 0 Å². The number of benzene rings is 1. The van der Waals surface area contributed by atoms with E-state index in [0.717, 1.165) is 12.0 Å². The molecule has 0 bridgehead atoms. The molecule has 0 aromatic heterocycles. The van der Waals surface area contributed by atoms with E-state index in [0.29, 0.717) is 0 Å². The van der Waals surface area contributed by atoms with Crippen LogP contribution in [0.15, 0.2) is 24.3 Å². The number of aryl methyl sites for hydroxylation is 1. The van der Waals surface area contributed by atoms with Crippen LogP contribution >= 0.6 is 0 Å². The highest BCUT2D eigenvalue weighted by Gasteiger charge is 2.17. The SMILES string of the molecule is CCc1ccc(COC(=O)OC(C)(C)C)cc1. The zero-order chi connectivity index (χ0) is 12.9. The Morgan fingerprint density at radius 2 is 1.65 bits per heavy atom. The summed E-state index contributed by atoms with van der Waals surface area (Å²) in [4.78, 5) is 11.3. The Labute approximate surface area is 103 Å². The van der Waals surface area contributed by atoms with Gasteiger partial charge in [-0.1, -0.05) is 31.2 Å². The first kappa shape index (κ1) is 13.6. The molecule has 94 valence electrons. The number of rotatable bonds is 3. The molecule has 3 nitrogen and oxygen atoms in total. The van der Waals surface area contributed by atoms with Crippen molar-refractivity contribution in [2.75, 3.05) is 0 Å². The first-order valence-electron chi connectivity index (χ1n) is 5.84. The molecule has 0 radical (unpaired) electrons. The fourth-order valence-electron chi connectivity index (χ4n) is 1.29. The van der Waals surface area contributed by atoms with Crippen LogP contribution in [0.5, 0.6) is 0 Å². The molecule has 0 saturated carbocycles. The second kappa shape index (κ2) is 5.71. The van der Waals surface area contributed by atoms with Crippen LogP contribution in [-0.2, 0) is 22.5 Å². The molecule has 0 aliphatic heterocycles. The average Bonchev–Trinajstić information content (AvgIpc) is 2.25. The largest absolute Gasteiger partial charge is 0.509 e. The van der Waals surface area contributed by atoms with E-state index in [1.165, 1.54) is 5.56 Å². The molecular weight excluding hydrogens is 216 g/mol. The molecule has 0 aliphatic carbocycles. The highest BCUT2D eigenvalue weighted by molar-refractivity contribution is 5.60. The van der Waals surface area contributed by atoms with Crippen LogP contribution in [-0.4, -0.2) is 11.8 Å². The maximum atomic E-state index is 11.3. The second-order valence-corrected chi connectivity index (χ2v) is 4.92. The first-order chi connectivity index (χ1) is 7.90. The topological polar surface area (TPSA) is 35.5 Å². The molecule has 0 amide bonds. The average molecular weight is 236 g/mol. The molecule has 3 heteroatoms. The van der Waals surface area contributed by atoms with Crippen LogP contribution in [0.25, 0.3) is 0 Å². The first-order valence-corrected chi connectivity index (χ1v) is 5.84. The van der Waals surface area contributed by atoms with E-state index in [4.69, 9.17) is 9.47 Å². The molecule has 0 fully saturated rings. The Morgan fingerprint density at radius 1 is 1.12 bits per heavy atom. The third-order valence-electron chi connectivity index (χ3n) is 2.18. The zero-order valence-electron chi connectivity index (χ0n) is 10.9. The van der Waals surface area contributed by atoms with Gasteiger partial charge >= 0.3 is 6.16 Å². The summed E-state index contributed by atoms with van der Waals surface area (Å²) in [5.41, 5.74) is 1.72. The van der Waals surface area contributed by atoms with Crippen LogP contribution in [0.2, 0.25) is 0 Å². The third kappa shape index (κ3) is 5.38. The maximum absolute atomic E-state index is 11.3. The van der Waals surface area contributed by atoms with Crippen molar-refractivity contribution in [3.8, 4) is 0 Å². The van der Waals surface area contributed by atoms with Crippen LogP contribution < -0.4 is 0 Å². The lowest BCUT2D eigenvalue weighted by Gasteiger charge is -2.18. The quantitative estimate of drug-likeness (QED) is 0.751. The Bertz CT molecular complexity index is 360. The third-order valence-corrected chi connectivity index (χ3v) is 2.18. The van der Waals surface area contributed by atoms with Crippen molar-refractivity contribution in [2.24, 2.45) is 0 Å². The van der Waals surface area contributed by atoms with E-state index >= 15 is 0 Å². The van der Waals surface area contributed by atoms with E-state index in [9.17, 15) is 4.79 Å². The van der Waals surface area contributed by atoms with Gasteiger partial charge in [-0.2, -0.15) is 0 Å². The van der Waals surface area contributed by atoms with Gasteiger partial charge in [0.05, 0.1) is 0 Å². The minimum atomic E-state index is -0.628. The number of hydrogen-bond acceptors (Lipinski definition) is 3. The summed E-state index contributed by atoms with van der Waals surface area (Å²) in [6.45, 7) is 7.78. The van der Waals surface area contributed by atoms with E-state index < -0.39 is 11.8 Å². The Balaban J connectivity index is 2.42. The molecular formula is C14H20O3. The van der Waals surface area contributed by atoms with Crippen molar-refractivity contribution in [1.82, 2.24) is 0 Å². The van der Waals surface area contributed by atoms with Gasteiger partial charge in [-0.25, -0.2) is 4.79 Å². The monoisotopic (exact) mass is 236 g/mol. The molecule has 17 heavy (non-hydrogen) atoms. The number of carbonyl (C=O) groups is 1. The molecule has 0 N–H and O–H groups in total. The van der Waals surface area contributed by atoms with Gasteiger partial charge in [-0.05, 0) is 38.3 Å². The van der Waals surface area contributed by atoms with Gasteiger partial charge < -0.3 is 9.47 Å². The maximum Gasteiger partial charge on any atom is 0.509 e. The molecule has 1 aromatic rings. The highest BCUT2D eigenvalue weighted by atomic mass is 16.7. The number of ether oxygens (including phenoxy) is 2. The van der Waals surface area contributed by atoms with Gasteiger partial charge in [0, 0.05) is 0 Å². The minimum Gasteiger partial charge on any atom is -0.429 e. The summed E-state index contributed by atoms with van der Waals surface area (Å²) in [7, 11) is 0. The molecule has 0 heterocycles. The Hall–Kier alpha value is -1.51. The lowest BCUT2D eigenvalue weighted by molar-refractivity contribution is -0.0108. The summed E-state index contributed by atoms with van der Waals surface area (Å²) in [5, 5.41) is 0. The van der Waals surface area contributed by atoms with E-state index in [1.807, 2.05) is 45.0 Å². The van der Waals surface area contributed by atoms with Crippen LogP contribution in [0.4, 0.5) is 4.79 Å². The summed E-state index contributed by atoms with van der Waals surface area (Å²) >= 11 is 0. The fraction of sp³-hybridized carbons (Fsp3) is 0.500. The number of hydrogen-bond donors (Lipinski definition) is 0. The summed E-state index contributed by atoms with van der Waals surface area (Å²) < 4.78 is 10.1. The van der Waals surface area contributed by atoms with Crippen molar-refractivity contribution < 1.29 is 14.3 Å². The van der Waals surface area contributed by atoms with Gasteiger partial charge in [0.2, 0.25) is 0 Å². The normalized spacial score (nSPS) is 11.1. The van der Waals surface area contributed by atoms with Crippen molar-refractivity contribution in [1.29, 1.82) is 0 Å². The molecule has 0 spiro atoms. The van der Waals surface area contributed by atoms with Gasteiger partial charge in [0.25, 0.3) is 0 Å². The summed E-state index contributed by atoms with van der Waals surface area (Å²) in [5.74, 6) is 0. The lowest BCUT2D eigenvalue weighted by atomic mass is 10.1. The zero-order valence-corrected chi connectivity index (χ0v) is 10.9. The Morgan fingerprint density at radius 3 is 2.12 bits per heavy atom. The molecule has 0 saturated heterocycles. The van der Waals surface area contributed by atoms with Crippen LogP contribution in [0.1, 0.15) is 38.8 Å². The highest BCUT2D eigenvalue weighted by Crippen LogP contribution is 2.10. The van der Waals surface area contributed by atoms with E-state index in [-0.39, 0.29) is 6.61 Å². The summed E-state index contributed by atoms with van der Waals surface area (Å²) in [6.07, 6.45) is 0.379. The molecule has 1 aromatic carbocycles. The molecule has 0 atom stereocenters. The van der Waals surface area contributed by atoms with Crippen molar-refractivity contribution >= 4 is 6.16 Å².